The molecule has 2 heterocycles. The predicted molar refractivity (Wildman–Crippen MR) is 120 cm³/mol. The molecule has 0 unspecified atom stereocenters. The third-order valence-electron chi connectivity index (χ3n) is 4.21. The van der Waals surface area contributed by atoms with E-state index in [0.29, 0.717) is 19.0 Å². The number of aliphatic imine (C=N–C) groups is 1. The van der Waals surface area contributed by atoms with E-state index in [1.165, 1.54) is 0 Å². The van der Waals surface area contributed by atoms with Gasteiger partial charge in [-0.05, 0) is 18.1 Å². The van der Waals surface area contributed by atoms with Crippen molar-refractivity contribution in [3.05, 3.63) is 54.3 Å². The number of halogens is 1. The van der Waals surface area contributed by atoms with Gasteiger partial charge in [-0.2, -0.15) is 0 Å². The first-order chi connectivity index (χ1) is 12.6. The molecule has 3 aromatic rings. The van der Waals surface area contributed by atoms with Crippen LogP contribution in [0.25, 0.3) is 11.0 Å². The maximum atomic E-state index is 5.91. The highest BCUT2D eigenvalue weighted by atomic mass is 127. The van der Waals surface area contributed by atoms with Crippen LogP contribution in [0, 0.1) is 5.92 Å². The average molecular weight is 481 g/mol. The first-order valence-corrected chi connectivity index (χ1v) is 8.96. The van der Waals surface area contributed by atoms with Crippen molar-refractivity contribution in [2.45, 2.75) is 33.5 Å². The number of imidazole rings is 1. The van der Waals surface area contributed by atoms with Gasteiger partial charge in [-0.25, -0.2) is 4.98 Å². The third-order valence-corrected chi connectivity index (χ3v) is 4.21. The van der Waals surface area contributed by atoms with E-state index in [-0.39, 0.29) is 24.0 Å². The topological polar surface area (TPSA) is 58.6 Å². The van der Waals surface area contributed by atoms with E-state index in [2.05, 4.69) is 45.8 Å². The Morgan fingerprint density at radius 3 is 2.81 bits per heavy atom. The minimum atomic E-state index is 0. The molecule has 0 bridgehead atoms. The Bertz CT molecular complexity index is 850. The lowest BCUT2D eigenvalue weighted by atomic mass is 10.2. The van der Waals surface area contributed by atoms with Gasteiger partial charge in [0.25, 0.3) is 0 Å². The number of para-hydroxylation sites is 1. The second-order valence-corrected chi connectivity index (χ2v) is 6.90. The Kier molecular flexibility index (Phi) is 7.70. The highest BCUT2D eigenvalue weighted by molar-refractivity contribution is 14.0. The number of benzene rings is 1. The van der Waals surface area contributed by atoms with E-state index < -0.39 is 0 Å². The molecule has 0 aliphatic rings. The molecule has 0 atom stereocenters. The molecule has 0 saturated heterocycles. The molecule has 3 rings (SSSR count). The van der Waals surface area contributed by atoms with Crippen LogP contribution in [0.3, 0.4) is 0 Å². The number of furan rings is 1. The number of guanidine groups is 1. The Labute approximate surface area is 177 Å². The lowest BCUT2D eigenvalue weighted by Gasteiger charge is -2.21. The lowest BCUT2D eigenvalue weighted by molar-refractivity contribution is 0.411. The largest absolute Gasteiger partial charge is 0.459 e. The number of hydrogen-bond donors (Lipinski definition) is 1. The van der Waals surface area contributed by atoms with Gasteiger partial charge < -0.3 is 19.2 Å². The number of rotatable bonds is 6. The molecule has 1 N–H and O–H groups in total. The molecule has 0 saturated carbocycles. The van der Waals surface area contributed by atoms with Crippen molar-refractivity contribution in [3.63, 3.8) is 0 Å². The van der Waals surface area contributed by atoms with Gasteiger partial charge in [0, 0.05) is 38.4 Å². The molecule has 0 radical (unpaired) electrons. The molecule has 2 aromatic heterocycles. The predicted octanol–water partition coefficient (Wildman–Crippen LogP) is 4.11. The first-order valence-electron chi connectivity index (χ1n) is 8.96. The highest BCUT2D eigenvalue weighted by Crippen LogP contribution is 2.19. The van der Waals surface area contributed by atoms with E-state index in [9.17, 15) is 0 Å². The Hall–Kier alpha value is -2.03. The monoisotopic (exact) mass is 481 g/mol. The van der Waals surface area contributed by atoms with Crippen molar-refractivity contribution in [2.24, 2.45) is 10.9 Å². The quantitative estimate of drug-likeness (QED) is 0.327. The molecule has 0 aliphatic heterocycles. The van der Waals surface area contributed by atoms with Crippen molar-refractivity contribution in [3.8, 4) is 0 Å². The summed E-state index contributed by atoms with van der Waals surface area (Å²) in [5.41, 5.74) is 0.912. The van der Waals surface area contributed by atoms with E-state index in [0.717, 1.165) is 35.1 Å². The van der Waals surface area contributed by atoms with Crippen LogP contribution in [0.5, 0.6) is 0 Å². The summed E-state index contributed by atoms with van der Waals surface area (Å²) in [6.07, 6.45) is 3.87. The molecule has 0 fully saturated rings. The Morgan fingerprint density at radius 1 is 1.33 bits per heavy atom. The van der Waals surface area contributed by atoms with Crippen LogP contribution < -0.4 is 5.32 Å². The molecule has 0 spiro atoms. The fourth-order valence-corrected chi connectivity index (χ4v) is 3.03. The zero-order valence-corrected chi connectivity index (χ0v) is 18.7. The average Bonchev–Trinajstić information content (AvgIpc) is 3.21. The summed E-state index contributed by atoms with van der Waals surface area (Å²) in [4.78, 5) is 10.9. The molecular weight excluding hydrogens is 453 g/mol. The van der Waals surface area contributed by atoms with Crippen molar-refractivity contribution < 1.29 is 4.42 Å². The zero-order chi connectivity index (χ0) is 18.5. The minimum absolute atomic E-state index is 0. The van der Waals surface area contributed by atoms with Crippen molar-refractivity contribution in [1.82, 2.24) is 19.8 Å². The summed E-state index contributed by atoms with van der Waals surface area (Å²) in [5, 5.41) is 4.51. The molecule has 0 aliphatic carbocycles. The number of fused-ring (bicyclic) bond motifs is 1. The normalized spacial score (nSPS) is 11.7. The molecule has 1 aromatic carbocycles. The van der Waals surface area contributed by atoms with Crippen molar-refractivity contribution >= 4 is 40.9 Å². The Balaban J connectivity index is 0.00000261. The van der Waals surface area contributed by atoms with Crippen LogP contribution in [0.1, 0.15) is 25.4 Å². The molecule has 0 amide bonds. The van der Waals surface area contributed by atoms with Gasteiger partial charge in [0.1, 0.15) is 17.2 Å². The SMILES string of the molecule is CN=C(NCc1nccn1CC(C)C)N(C)Cc1cc2ccccc2o1.I. The molecule has 6 nitrogen and oxygen atoms in total. The summed E-state index contributed by atoms with van der Waals surface area (Å²) >= 11 is 0. The third kappa shape index (κ3) is 5.47. The molecular formula is C20H28IN5O. The van der Waals surface area contributed by atoms with Crippen molar-refractivity contribution in [2.75, 3.05) is 14.1 Å². The summed E-state index contributed by atoms with van der Waals surface area (Å²) < 4.78 is 8.09. The van der Waals surface area contributed by atoms with Gasteiger partial charge in [-0.3, -0.25) is 4.99 Å². The van der Waals surface area contributed by atoms with Gasteiger partial charge >= 0.3 is 0 Å². The van der Waals surface area contributed by atoms with E-state index in [4.69, 9.17) is 4.42 Å². The fourth-order valence-electron chi connectivity index (χ4n) is 3.03. The van der Waals surface area contributed by atoms with Crippen LogP contribution in [-0.2, 0) is 19.6 Å². The van der Waals surface area contributed by atoms with Crippen LogP contribution >= 0.6 is 24.0 Å². The van der Waals surface area contributed by atoms with Gasteiger partial charge in [0.05, 0.1) is 13.1 Å². The second-order valence-electron chi connectivity index (χ2n) is 6.90. The lowest BCUT2D eigenvalue weighted by Crippen LogP contribution is -2.38. The number of nitrogens with one attached hydrogen (secondary N) is 1. The van der Waals surface area contributed by atoms with Crippen LogP contribution in [0.4, 0.5) is 0 Å². The molecule has 7 heteroatoms. The van der Waals surface area contributed by atoms with Crippen molar-refractivity contribution in [1.29, 1.82) is 0 Å². The van der Waals surface area contributed by atoms with Gasteiger partial charge in [-0.1, -0.05) is 32.0 Å². The second kappa shape index (κ2) is 9.77. The molecule has 146 valence electrons. The van der Waals surface area contributed by atoms with Crippen LogP contribution in [-0.4, -0.2) is 34.5 Å². The summed E-state index contributed by atoms with van der Waals surface area (Å²) in [6, 6.07) is 10.1. The smallest absolute Gasteiger partial charge is 0.194 e. The van der Waals surface area contributed by atoms with E-state index in [1.807, 2.05) is 42.5 Å². The maximum Gasteiger partial charge on any atom is 0.194 e. The minimum Gasteiger partial charge on any atom is -0.459 e. The first kappa shape index (κ1) is 21.3. The number of nitrogens with zero attached hydrogens (tertiary/aromatic N) is 4. The van der Waals surface area contributed by atoms with E-state index >= 15 is 0 Å². The van der Waals surface area contributed by atoms with Gasteiger partial charge in [0.2, 0.25) is 0 Å². The summed E-state index contributed by atoms with van der Waals surface area (Å²) in [5.74, 6) is 3.32. The standard InChI is InChI=1S/C20H27N5O.HI/c1-15(2)13-25-10-9-22-19(25)12-23-20(21-3)24(4)14-17-11-16-7-5-6-8-18(16)26-17;/h5-11,15H,12-14H2,1-4H3,(H,21,23);1H. The van der Waals surface area contributed by atoms with Gasteiger partial charge in [0.15, 0.2) is 5.96 Å². The molecule has 27 heavy (non-hydrogen) atoms. The Morgan fingerprint density at radius 2 is 2.11 bits per heavy atom. The van der Waals surface area contributed by atoms with E-state index in [1.54, 1.807) is 7.05 Å². The van der Waals surface area contributed by atoms with Crippen LogP contribution in [0.15, 0.2) is 52.1 Å². The summed E-state index contributed by atoms with van der Waals surface area (Å²) in [6.45, 7) is 6.66. The number of hydrogen-bond acceptors (Lipinski definition) is 3. The number of aromatic nitrogens is 2. The van der Waals surface area contributed by atoms with Crippen LogP contribution in [0.2, 0.25) is 0 Å². The maximum absolute atomic E-state index is 5.91. The summed E-state index contributed by atoms with van der Waals surface area (Å²) in [7, 11) is 3.79. The fraction of sp³-hybridized carbons (Fsp3) is 0.400. The zero-order valence-electron chi connectivity index (χ0n) is 16.3. The van der Waals surface area contributed by atoms with Gasteiger partial charge in [-0.15, -0.1) is 24.0 Å². The highest BCUT2D eigenvalue weighted by Gasteiger charge is 2.12.